The molecule has 0 saturated heterocycles. The summed E-state index contributed by atoms with van der Waals surface area (Å²) in [7, 11) is -2.82. The van der Waals surface area contributed by atoms with Crippen molar-refractivity contribution in [2.24, 2.45) is 0 Å². The fraction of sp³-hybridized carbons (Fsp3) is 0.400. The number of amides is 1. The van der Waals surface area contributed by atoms with Crippen LogP contribution in [0.3, 0.4) is 0 Å². The fourth-order valence-electron chi connectivity index (χ4n) is 3.28. The van der Waals surface area contributed by atoms with Crippen LogP contribution >= 0.6 is 11.3 Å². The maximum atomic E-state index is 14.0. The lowest BCUT2D eigenvalue weighted by Crippen LogP contribution is -2.36. The quantitative estimate of drug-likeness (QED) is 0.653. The Hall–Kier alpha value is -2.37. The van der Waals surface area contributed by atoms with E-state index in [0.29, 0.717) is 22.9 Å². The van der Waals surface area contributed by atoms with E-state index in [0.717, 1.165) is 23.5 Å². The van der Waals surface area contributed by atoms with E-state index in [2.05, 4.69) is 4.72 Å². The average Bonchev–Trinajstić information content (AvgIpc) is 3.12. The van der Waals surface area contributed by atoms with E-state index in [1.54, 1.807) is 6.92 Å². The van der Waals surface area contributed by atoms with Crippen molar-refractivity contribution >= 4 is 33.2 Å². The first-order chi connectivity index (χ1) is 14.6. The number of benzene rings is 1. The molecule has 11 heteroatoms. The highest BCUT2D eigenvalue weighted by atomic mass is 32.2. The smallest absolute Gasteiger partial charge is 0.340 e. The summed E-state index contributed by atoms with van der Waals surface area (Å²) in [6.45, 7) is 3.67. The van der Waals surface area contributed by atoms with Crippen LogP contribution in [0, 0.1) is 11.6 Å². The Kier molecular flexibility index (Phi) is 6.77. The molecule has 1 aromatic heterocycles. The van der Waals surface area contributed by atoms with Crippen LogP contribution < -0.4 is 4.72 Å². The minimum atomic E-state index is -3.99. The Bertz CT molecular complexity index is 1130. The van der Waals surface area contributed by atoms with Gasteiger partial charge in [0.15, 0.2) is 0 Å². The highest BCUT2D eigenvalue weighted by Crippen LogP contribution is 2.37. The van der Waals surface area contributed by atoms with Gasteiger partial charge in [-0.05, 0) is 37.5 Å². The zero-order valence-corrected chi connectivity index (χ0v) is 18.8. The van der Waals surface area contributed by atoms with Crippen molar-refractivity contribution in [3.63, 3.8) is 0 Å². The van der Waals surface area contributed by atoms with Gasteiger partial charge in [0.05, 0.1) is 24.8 Å². The van der Waals surface area contributed by atoms with Crippen molar-refractivity contribution in [1.29, 1.82) is 0 Å². The van der Waals surface area contributed by atoms with E-state index in [-0.39, 0.29) is 40.9 Å². The topological polar surface area (TPSA) is 92.8 Å². The van der Waals surface area contributed by atoms with Crippen LogP contribution in [0.1, 0.15) is 51.4 Å². The van der Waals surface area contributed by atoms with Gasteiger partial charge >= 0.3 is 5.97 Å². The van der Waals surface area contributed by atoms with Crippen molar-refractivity contribution in [2.45, 2.75) is 43.5 Å². The van der Waals surface area contributed by atoms with Crippen LogP contribution in [0.15, 0.2) is 22.4 Å². The lowest BCUT2D eigenvalue weighted by atomic mass is 10.0. The third-order valence-electron chi connectivity index (χ3n) is 5.08. The van der Waals surface area contributed by atoms with Crippen molar-refractivity contribution in [3.05, 3.63) is 51.4 Å². The molecule has 1 amide bonds. The van der Waals surface area contributed by atoms with Crippen molar-refractivity contribution in [2.75, 3.05) is 13.7 Å². The second-order valence-electron chi connectivity index (χ2n) is 7.19. The van der Waals surface area contributed by atoms with Crippen LogP contribution in [-0.2, 0) is 27.7 Å². The van der Waals surface area contributed by atoms with E-state index in [9.17, 15) is 26.8 Å². The first kappa shape index (κ1) is 23.3. The lowest BCUT2D eigenvalue weighted by Gasteiger charge is -2.27. The first-order valence-corrected chi connectivity index (χ1v) is 11.9. The number of ether oxygens (including phenoxy) is 1. The molecule has 1 atom stereocenters. The summed E-state index contributed by atoms with van der Waals surface area (Å²) in [5, 5.41) is 0. The summed E-state index contributed by atoms with van der Waals surface area (Å²) >= 11 is 0.889. The number of methoxy groups -OCH3 is 1. The SMILES string of the molecule is CC[C@H](C)NS(=O)(=O)c1sc2c(c1C(=O)OC)CCN(C(=O)c1ccc(F)cc1F)C2. The van der Waals surface area contributed by atoms with Gasteiger partial charge in [0.2, 0.25) is 0 Å². The highest BCUT2D eigenvalue weighted by molar-refractivity contribution is 7.91. The van der Waals surface area contributed by atoms with Crippen molar-refractivity contribution < 1.29 is 31.5 Å². The van der Waals surface area contributed by atoms with Crippen LogP contribution in [0.2, 0.25) is 0 Å². The lowest BCUT2D eigenvalue weighted by molar-refractivity contribution is 0.0595. The van der Waals surface area contributed by atoms with Crippen LogP contribution in [0.5, 0.6) is 0 Å². The van der Waals surface area contributed by atoms with E-state index >= 15 is 0 Å². The minimum absolute atomic E-state index is 0.00149. The number of carbonyl (C=O) groups excluding carboxylic acids is 2. The molecule has 7 nitrogen and oxygen atoms in total. The summed E-state index contributed by atoms with van der Waals surface area (Å²) in [6.07, 6.45) is 0.757. The minimum Gasteiger partial charge on any atom is -0.465 e. The van der Waals surface area contributed by atoms with E-state index in [1.165, 1.54) is 12.0 Å². The number of nitrogens with one attached hydrogen (secondary N) is 1. The summed E-state index contributed by atoms with van der Waals surface area (Å²) in [5.41, 5.74) is 0.198. The van der Waals surface area contributed by atoms with Gasteiger partial charge in [-0.15, -0.1) is 11.3 Å². The van der Waals surface area contributed by atoms with E-state index in [1.807, 2.05) is 6.92 Å². The number of carbonyl (C=O) groups is 2. The van der Waals surface area contributed by atoms with Gasteiger partial charge in [0, 0.05) is 23.5 Å². The standard InChI is InChI=1S/C20H22F2N2O5S2/c1-4-11(2)23-31(27,28)20-17(19(26)29-3)14-7-8-24(10-16(14)30-20)18(25)13-6-5-12(21)9-15(13)22/h5-6,9,11,23H,4,7-8,10H2,1-3H3/t11-/m0/s1. The normalized spacial score (nSPS) is 14.8. The number of nitrogens with zero attached hydrogens (tertiary/aromatic N) is 1. The predicted molar refractivity (Wildman–Crippen MR) is 111 cm³/mol. The number of sulfonamides is 1. The number of rotatable bonds is 6. The van der Waals surface area contributed by atoms with Crippen LogP contribution in [0.4, 0.5) is 8.78 Å². The van der Waals surface area contributed by atoms with Gasteiger partial charge in [-0.1, -0.05) is 6.92 Å². The third-order valence-corrected chi connectivity index (χ3v) is 8.40. The molecule has 31 heavy (non-hydrogen) atoms. The molecule has 0 fully saturated rings. The van der Waals surface area contributed by atoms with E-state index in [4.69, 9.17) is 4.74 Å². The molecular formula is C20H22F2N2O5S2. The summed E-state index contributed by atoms with van der Waals surface area (Å²) in [4.78, 5) is 27.0. The molecule has 1 aliphatic heterocycles. The molecule has 3 rings (SSSR count). The second-order valence-corrected chi connectivity index (χ2v) is 10.2. The monoisotopic (exact) mass is 472 g/mol. The van der Waals surface area contributed by atoms with Gasteiger partial charge in [0.1, 0.15) is 15.8 Å². The molecule has 0 radical (unpaired) electrons. The molecule has 168 valence electrons. The predicted octanol–water partition coefficient (Wildman–Crippen LogP) is 3.09. The largest absolute Gasteiger partial charge is 0.465 e. The average molecular weight is 473 g/mol. The molecule has 0 spiro atoms. The number of hydrogen-bond donors (Lipinski definition) is 1. The zero-order valence-electron chi connectivity index (χ0n) is 17.2. The maximum Gasteiger partial charge on any atom is 0.340 e. The summed E-state index contributed by atoms with van der Waals surface area (Å²) in [5.74, 6) is -3.18. The Morgan fingerprint density at radius 1 is 1.32 bits per heavy atom. The Balaban J connectivity index is 1.98. The van der Waals surface area contributed by atoms with Gasteiger partial charge in [-0.2, -0.15) is 0 Å². The zero-order chi connectivity index (χ0) is 22.9. The van der Waals surface area contributed by atoms with Crippen LogP contribution in [0.25, 0.3) is 0 Å². The number of halogens is 2. The molecule has 0 saturated carbocycles. The molecule has 0 aliphatic carbocycles. The fourth-order valence-corrected chi connectivity index (χ4v) is 6.53. The molecule has 2 aromatic rings. The molecular weight excluding hydrogens is 450 g/mol. The number of esters is 1. The first-order valence-electron chi connectivity index (χ1n) is 9.58. The molecule has 1 aromatic carbocycles. The van der Waals surface area contributed by atoms with E-state index < -0.39 is 33.5 Å². The van der Waals surface area contributed by atoms with Crippen molar-refractivity contribution in [1.82, 2.24) is 9.62 Å². The Morgan fingerprint density at radius 2 is 2.03 bits per heavy atom. The second kappa shape index (κ2) is 9.01. The Morgan fingerprint density at radius 3 is 2.65 bits per heavy atom. The van der Waals surface area contributed by atoms with Gasteiger partial charge in [-0.3, -0.25) is 4.79 Å². The summed E-state index contributed by atoms with van der Waals surface area (Å²) in [6, 6.07) is 2.36. The number of hydrogen-bond acceptors (Lipinski definition) is 6. The highest BCUT2D eigenvalue weighted by Gasteiger charge is 2.35. The molecule has 1 aliphatic rings. The molecule has 0 unspecified atom stereocenters. The van der Waals surface area contributed by atoms with Crippen molar-refractivity contribution in [3.8, 4) is 0 Å². The number of fused-ring (bicyclic) bond motifs is 1. The van der Waals surface area contributed by atoms with Gasteiger partial charge in [0.25, 0.3) is 15.9 Å². The molecule has 2 heterocycles. The van der Waals surface area contributed by atoms with Gasteiger partial charge in [-0.25, -0.2) is 26.7 Å². The molecule has 1 N–H and O–H groups in total. The number of thiophene rings is 1. The third kappa shape index (κ3) is 4.63. The molecule has 0 bridgehead atoms. The van der Waals surface area contributed by atoms with Crippen LogP contribution in [-0.4, -0.2) is 44.9 Å². The van der Waals surface area contributed by atoms with Gasteiger partial charge < -0.3 is 9.64 Å². The maximum absolute atomic E-state index is 14.0. The Labute approximate surface area is 183 Å². The summed E-state index contributed by atoms with van der Waals surface area (Å²) < 4.78 is 60.2.